The Morgan fingerprint density at radius 3 is 2.44 bits per heavy atom. The van der Waals surface area contributed by atoms with Gasteiger partial charge in [0.05, 0.1) is 11.5 Å². The fourth-order valence-electron chi connectivity index (χ4n) is 1.94. The fraction of sp³-hybridized carbons (Fsp3) is 0.538. The summed E-state index contributed by atoms with van der Waals surface area (Å²) >= 11 is 0. The summed E-state index contributed by atoms with van der Waals surface area (Å²) in [6.07, 6.45) is 1.76. The third-order valence-corrected chi connectivity index (χ3v) is 5.30. The monoisotopic (exact) mass is 269 g/mol. The van der Waals surface area contributed by atoms with Gasteiger partial charge < -0.3 is 5.11 Å². The first kappa shape index (κ1) is 13.5. The molecule has 2 rings (SSSR count). The number of nitrogens with one attached hydrogen (secondary N) is 1. The van der Waals surface area contributed by atoms with Gasteiger partial charge in [-0.15, -0.1) is 0 Å². The summed E-state index contributed by atoms with van der Waals surface area (Å²) in [6, 6.07) is 3.36. The Kier molecular flexibility index (Phi) is 3.25. The van der Waals surface area contributed by atoms with Crippen molar-refractivity contribution in [1.82, 2.24) is 4.72 Å². The molecule has 0 heterocycles. The van der Waals surface area contributed by atoms with Crippen molar-refractivity contribution in [3.05, 3.63) is 28.8 Å². The van der Waals surface area contributed by atoms with Gasteiger partial charge in [0.15, 0.2) is 0 Å². The smallest absolute Gasteiger partial charge is 0.241 e. The highest BCUT2D eigenvalue weighted by molar-refractivity contribution is 7.89. The van der Waals surface area contributed by atoms with Gasteiger partial charge in [-0.3, -0.25) is 0 Å². The minimum Gasteiger partial charge on any atom is -0.392 e. The molecule has 0 radical (unpaired) electrons. The van der Waals surface area contributed by atoms with E-state index < -0.39 is 10.0 Å². The summed E-state index contributed by atoms with van der Waals surface area (Å²) in [4.78, 5) is 0.277. The van der Waals surface area contributed by atoms with Crippen molar-refractivity contribution in [1.29, 1.82) is 0 Å². The van der Waals surface area contributed by atoms with Crippen LogP contribution in [-0.2, 0) is 16.6 Å². The molecule has 1 aromatic carbocycles. The molecule has 0 atom stereocenters. The van der Waals surface area contributed by atoms with E-state index in [1.807, 2.05) is 19.9 Å². The second kappa shape index (κ2) is 4.33. The van der Waals surface area contributed by atoms with Crippen molar-refractivity contribution in [2.45, 2.75) is 50.7 Å². The molecule has 4 nitrogen and oxygen atoms in total. The predicted molar refractivity (Wildman–Crippen MR) is 69.8 cm³/mol. The van der Waals surface area contributed by atoms with Crippen LogP contribution in [0.2, 0.25) is 0 Å². The molecule has 1 fully saturated rings. The van der Waals surface area contributed by atoms with Gasteiger partial charge >= 0.3 is 0 Å². The minimum atomic E-state index is -3.50. The van der Waals surface area contributed by atoms with Crippen LogP contribution in [0.1, 0.15) is 36.5 Å². The van der Waals surface area contributed by atoms with Crippen LogP contribution < -0.4 is 4.72 Å². The Labute approximate surface area is 108 Å². The normalized spacial score (nSPS) is 17.8. The van der Waals surface area contributed by atoms with E-state index >= 15 is 0 Å². The average Bonchev–Trinajstić information content (AvgIpc) is 2.98. The highest BCUT2D eigenvalue weighted by atomic mass is 32.2. The third-order valence-electron chi connectivity index (χ3n) is 3.53. The molecule has 0 unspecified atom stereocenters. The number of hydrogen-bond donors (Lipinski definition) is 2. The molecular formula is C13H19NO3S. The molecule has 1 saturated carbocycles. The fourth-order valence-corrected chi connectivity index (χ4v) is 3.77. The van der Waals surface area contributed by atoms with Crippen LogP contribution in [0, 0.1) is 13.8 Å². The maximum absolute atomic E-state index is 12.3. The number of aryl methyl sites for hydroxylation is 1. The van der Waals surface area contributed by atoms with Gasteiger partial charge in [0.2, 0.25) is 10.0 Å². The number of sulfonamides is 1. The largest absolute Gasteiger partial charge is 0.392 e. The van der Waals surface area contributed by atoms with Crippen molar-refractivity contribution in [3.63, 3.8) is 0 Å². The van der Waals surface area contributed by atoms with E-state index in [1.54, 1.807) is 13.0 Å². The molecule has 1 aromatic rings. The van der Waals surface area contributed by atoms with Gasteiger partial charge in [0.1, 0.15) is 0 Å². The van der Waals surface area contributed by atoms with Gasteiger partial charge in [0, 0.05) is 5.54 Å². The summed E-state index contributed by atoms with van der Waals surface area (Å²) in [5.74, 6) is 0. The Morgan fingerprint density at radius 2 is 1.94 bits per heavy atom. The third kappa shape index (κ3) is 2.58. The molecule has 0 amide bonds. The van der Waals surface area contributed by atoms with Crippen LogP contribution in [0.3, 0.4) is 0 Å². The number of hydrogen-bond acceptors (Lipinski definition) is 3. The van der Waals surface area contributed by atoms with Crippen molar-refractivity contribution in [2.75, 3.05) is 0 Å². The van der Waals surface area contributed by atoms with Crippen LogP contribution >= 0.6 is 0 Å². The summed E-state index contributed by atoms with van der Waals surface area (Å²) in [7, 11) is -3.50. The van der Waals surface area contributed by atoms with Gasteiger partial charge in [-0.25, -0.2) is 13.1 Å². The Morgan fingerprint density at radius 1 is 1.33 bits per heavy atom. The zero-order valence-corrected chi connectivity index (χ0v) is 11.8. The highest BCUT2D eigenvalue weighted by Crippen LogP contribution is 2.36. The molecule has 100 valence electrons. The summed E-state index contributed by atoms with van der Waals surface area (Å²) in [5, 5.41) is 9.17. The zero-order chi connectivity index (χ0) is 13.6. The lowest BCUT2D eigenvalue weighted by Crippen LogP contribution is -2.34. The molecule has 5 heteroatoms. The van der Waals surface area contributed by atoms with E-state index in [4.69, 9.17) is 0 Å². The summed E-state index contributed by atoms with van der Waals surface area (Å²) < 4.78 is 27.4. The molecule has 0 aliphatic heterocycles. The lowest BCUT2D eigenvalue weighted by Gasteiger charge is -2.16. The number of rotatable bonds is 4. The minimum absolute atomic E-state index is 0.152. The van der Waals surface area contributed by atoms with Crippen LogP contribution in [0.5, 0.6) is 0 Å². The van der Waals surface area contributed by atoms with E-state index in [0.717, 1.165) is 24.0 Å². The standard InChI is InChI=1S/C13H19NO3S/c1-9-6-11(8-15)7-12(10(9)2)18(16,17)14-13(3)4-5-13/h6-7,14-15H,4-5,8H2,1-3H3. The second-order valence-corrected chi connectivity index (χ2v) is 7.01. The Balaban J connectivity index is 2.46. The predicted octanol–water partition coefficient (Wildman–Crippen LogP) is 1.63. The number of aliphatic hydroxyl groups excluding tert-OH is 1. The molecule has 0 saturated heterocycles. The van der Waals surface area contributed by atoms with Crippen molar-refractivity contribution >= 4 is 10.0 Å². The quantitative estimate of drug-likeness (QED) is 0.873. The lowest BCUT2D eigenvalue weighted by atomic mass is 10.1. The van der Waals surface area contributed by atoms with Crippen LogP contribution in [0.15, 0.2) is 17.0 Å². The van der Waals surface area contributed by atoms with Gasteiger partial charge in [0.25, 0.3) is 0 Å². The van der Waals surface area contributed by atoms with Crippen molar-refractivity contribution in [2.24, 2.45) is 0 Å². The molecular weight excluding hydrogens is 250 g/mol. The topological polar surface area (TPSA) is 66.4 Å². The number of aliphatic hydroxyl groups is 1. The van der Waals surface area contributed by atoms with E-state index in [9.17, 15) is 13.5 Å². The highest BCUT2D eigenvalue weighted by Gasteiger charge is 2.41. The van der Waals surface area contributed by atoms with E-state index in [0.29, 0.717) is 5.56 Å². The maximum Gasteiger partial charge on any atom is 0.241 e. The van der Waals surface area contributed by atoms with Crippen molar-refractivity contribution < 1.29 is 13.5 Å². The molecule has 1 aliphatic rings. The van der Waals surface area contributed by atoms with Crippen LogP contribution in [0.25, 0.3) is 0 Å². The average molecular weight is 269 g/mol. The SMILES string of the molecule is Cc1cc(CO)cc(S(=O)(=O)NC2(C)CC2)c1C. The molecule has 2 N–H and O–H groups in total. The summed E-state index contributed by atoms with van der Waals surface area (Å²) in [6.45, 7) is 5.40. The first-order valence-corrected chi connectivity index (χ1v) is 7.51. The van der Waals surface area contributed by atoms with Crippen LogP contribution in [-0.4, -0.2) is 19.1 Å². The van der Waals surface area contributed by atoms with Gasteiger partial charge in [-0.2, -0.15) is 0 Å². The molecule has 0 aromatic heterocycles. The van der Waals surface area contributed by atoms with Crippen LogP contribution in [0.4, 0.5) is 0 Å². The zero-order valence-electron chi connectivity index (χ0n) is 10.9. The van der Waals surface area contributed by atoms with E-state index in [-0.39, 0.29) is 17.0 Å². The van der Waals surface area contributed by atoms with Gasteiger partial charge in [-0.05, 0) is 56.4 Å². The number of benzene rings is 1. The second-order valence-electron chi connectivity index (χ2n) is 5.36. The van der Waals surface area contributed by atoms with Gasteiger partial charge in [-0.1, -0.05) is 6.07 Å². The Hall–Kier alpha value is -0.910. The molecule has 1 aliphatic carbocycles. The molecule has 0 bridgehead atoms. The summed E-state index contributed by atoms with van der Waals surface area (Å²) in [5.41, 5.74) is 1.96. The first-order valence-electron chi connectivity index (χ1n) is 6.02. The lowest BCUT2D eigenvalue weighted by molar-refractivity contribution is 0.281. The van der Waals surface area contributed by atoms with E-state index in [2.05, 4.69) is 4.72 Å². The van der Waals surface area contributed by atoms with Crippen molar-refractivity contribution in [3.8, 4) is 0 Å². The molecule has 18 heavy (non-hydrogen) atoms. The molecule has 0 spiro atoms. The first-order chi connectivity index (χ1) is 8.27. The van der Waals surface area contributed by atoms with E-state index in [1.165, 1.54) is 0 Å². The maximum atomic E-state index is 12.3. The Bertz CT molecular complexity index is 574.